The molecule has 1 heterocycles. The first-order valence-corrected chi connectivity index (χ1v) is 7.73. The van der Waals surface area contributed by atoms with Gasteiger partial charge in [-0.1, -0.05) is 22.9 Å². The summed E-state index contributed by atoms with van der Waals surface area (Å²) in [4.78, 5) is 2.57. The van der Waals surface area contributed by atoms with Crippen LogP contribution in [0.1, 0.15) is 31.7 Å². The maximum Gasteiger partial charge on any atom is 0.0345 e. The lowest BCUT2D eigenvalue weighted by Gasteiger charge is -2.32. The molecule has 0 bridgehead atoms. The van der Waals surface area contributed by atoms with E-state index in [-0.39, 0.29) is 0 Å². The summed E-state index contributed by atoms with van der Waals surface area (Å²) in [7, 11) is 0. The van der Waals surface area contributed by atoms with Gasteiger partial charge < -0.3 is 10.2 Å². The summed E-state index contributed by atoms with van der Waals surface area (Å²) >= 11 is 3.55. The van der Waals surface area contributed by atoms with Gasteiger partial charge in [-0.3, -0.25) is 0 Å². The number of aryl methyl sites for hydroxylation is 1. The molecule has 1 aliphatic rings. The summed E-state index contributed by atoms with van der Waals surface area (Å²) in [5.74, 6) is 0. The third-order valence-electron chi connectivity index (χ3n) is 3.66. The van der Waals surface area contributed by atoms with Crippen molar-refractivity contribution in [3.05, 3.63) is 28.2 Å². The molecule has 1 aromatic carbocycles. The van der Waals surface area contributed by atoms with Crippen LogP contribution in [0.2, 0.25) is 0 Å². The molecule has 2 rings (SSSR count). The molecule has 1 saturated heterocycles. The highest BCUT2D eigenvalue weighted by molar-refractivity contribution is 9.10. The minimum Gasteiger partial charge on any atom is -0.382 e. The number of rotatable bonds is 4. The minimum atomic E-state index is 0.638. The second-order valence-electron chi connectivity index (χ2n) is 5.22. The summed E-state index contributed by atoms with van der Waals surface area (Å²) in [6.45, 7) is 8.13. The highest BCUT2D eigenvalue weighted by Crippen LogP contribution is 2.22. The summed E-state index contributed by atoms with van der Waals surface area (Å²) in [5, 5.41) is 3.66. The van der Waals surface area contributed by atoms with Gasteiger partial charge in [0.05, 0.1) is 0 Å². The molecule has 1 aliphatic heterocycles. The molecular formula is C15H23BrN2. The van der Waals surface area contributed by atoms with Gasteiger partial charge in [-0.25, -0.2) is 0 Å². The van der Waals surface area contributed by atoms with Gasteiger partial charge in [0.2, 0.25) is 0 Å². The first-order valence-electron chi connectivity index (χ1n) is 6.94. The van der Waals surface area contributed by atoms with Crippen molar-refractivity contribution in [3.63, 3.8) is 0 Å². The molecule has 3 heteroatoms. The zero-order valence-electron chi connectivity index (χ0n) is 11.4. The number of hydrogen-bond donors (Lipinski definition) is 1. The van der Waals surface area contributed by atoms with Crippen LogP contribution in [0, 0.1) is 6.92 Å². The number of likely N-dealkylation sites (tertiary alicyclic amines) is 1. The average Bonchev–Trinajstić information content (AvgIpc) is 2.37. The van der Waals surface area contributed by atoms with Crippen molar-refractivity contribution in [2.24, 2.45) is 0 Å². The van der Waals surface area contributed by atoms with Crippen LogP contribution >= 0.6 is 15.9 Å². The second-order valence-corrected chi connectivity index (χ2v) is 6.08. The van der Waals surface area contributed by atoms with E-state index in [1.807, 2.05) is 0 Å². The van der Waals surface area contributed by atoms with Gasteiger partial charge in [-0.15, -0.1) is 0 Å². The fourth-order valence-electron chi connectivity index (χ4n) is 2.59. The Morgan fingerprint density at radius 2 is 2.06 bits per heavy atom. The van der Waals surface area contributed by atoms with Crippen molar-refractivity contribution in [1.82, 2.24) is 4.90 Å². The highest BCUT2D eigenvalue weighted by atomic mass is 79.9. The maximum absolute atomic E-state index is 3.66. The van der Waals surface area contributed by atoms with Gasteiger partial charge >= 0.3 is 0 Å². The third kappa shape index (κ3) is 3.72. The predicted molar refractivity (Wildman–Crippen MR) is 82.3 cm³/mol. The van der Waals surface area contributed by atoms with Gasteiger partial charge in [0.15, 0.2) is 0 Å². The Labute approximate surface area is 119 Å². The molecule has 0 radical (unpaired) electrons. The highest BCUT2D eigenvalue weighted by Gasteiger charge is 2.18. The fourth-order valence-corrected chi connectivity index (χ4v) is 2.83. The zero-order valence-corrected chi connectivity index (χ0v) is 13.0. The number of anilines is 1. The Morgan fingerprint density at radius 1 is 1.33 bits per heavy atom. The lowest BCUT2D eigenvalue weighted by atomic mass is 10.0. The largest absolute Gasteiger partial charge is 0.382 e. The van der Waals surface area contributed by atoms with Crippen LogP contribution in [0.15, 0.2) is 22.7 Å². The van der Waals surface area contributed by atoms with Crippen LogP contribution in [0.5, 0.6) is 0 Å². The Bertz CT molecular complexity index is 384. The molecule has 2 nitrogen and oxygen atoms in total. The molecule has 0 atom stereocenters. The summed E-state index contributed by atoms with van der Waals surface area (Å²) in [6.07, 6.45) is 3.79. The van der Waals surface area contributed by atoms with Crippen LogP contribution < -0.4 is 5.32 Å². The van der Waals surface area contributed by atoms with Crippen molar-refractivity contribution in [1.29, 1.82) is 0 Å². The van der Waals surface area contributed by atoms with Crippen molar-refractivity contribution in [2.75, 3.05) is 25.0 Å². The van der Waals surface area contributed by atoms with Gasteiger partial charge in [-0.05, 0) is 56.5 Å². The lowest BCUT2D eigenvalue weighted by molar-refractivity contribution is 0.219. The van der Waals surface area contributed by atoms with Crippen LogP contribution in [-0.2, 0) is 0 Å². The van der Waals surface area contributed by atoms with E-state index in [0.717, 1.165) is 0 Å². The Morgan fingerprint density at radius 3 is 2.67 bits per heavy atom. The van der Waals surface area contributed by atoms with Crippen molar-refractivity contribution >= 4 is 21.6 Å². The molecule has 1 fully saturated rings. The average molecular weight is 311 g/mol. The smallest absolute Gasteiger partial charge is 0.0345 e. The Hall–Kier alpha value is -0.540. The van der Waals surface area contributed by atoms with Gasteiger partial charge in [0.25, 0.3) is 0 Å². The molecule has 1 N–H and O–H groups in total. The van der Waals surface area contributed by atoms with Crippen molar-refractivity contribution in [2.45, 2.75) is 39.2 Å². The summed E-state index contributed by atoms with van der Waals surface area (Å²) in [5.41, 5.74) is 2.55. The second kappa shape index (κ2) is 6.58. The molecule has 1 aromatic rings. The topological polar surface area (TPSA) is 15.3 Å². The first-order chi connectivity index (χ1) is 8.69. The normalized spacial score (nSPS) is 17.9. The molecule has 0 saturated carbocycles. The van der Waals surface area contributed by atoms with Crippen molar-refractivity contribution < 1.29 is 0 Å². The molecule has 0 spiro atoms. The maximum atomic E-state index is 3.66. The Kier molecular flexibility index (Phi) is 5.07. The number of nitrogens with zero attached hydrogens (tertiary/aromatic N) is 1. The van der Waals surface area contributed by atoms with E-state index in [9.17, 15) is 0 Å². The number of piperidine rings is 1. The Balaban J connectivity index is 1.85. The van der Waals surface area contributed by atoms with Crippen LogP contribution in [0.4, 0.5) is 5.69 Å². The van der Waals surface area contributed by atoms with E-state index in [0.29, 0.717) is 6.04 Å². The molecule has 18 heavy (non-hydrogen) atoms. The molecule has 0 unspecified atom stereocenters. The predicted octanol–water partition coefficient (Wildman–Crippen LogP) is 4.04. The quantitative estimate of drug-likeness (QED) is 0.902. The van der Waals surface area contributed by atoms with Crippen LogP contribution in [-0.4, -0.2) is 30.6 Å². The van der Waals surface area contributed by atoms with Gasteiger partial charge in [0, 0.05) is 29.3 Å². The van der Waals surface area contributed by atoms with Gasteiger partial charge in [0.1, 0.15) is 0 Å². The number of hydrogen-bond acceptors (Lipinski definition) is 2. The van der Waals surface area contributed by atoms with Crippen LogP contribution in [0.3, 0.4) is 0 Å². The van der Waals surface area contributed by atoms with E-state index in [1.165, 1.54) is 54.6 Å². The zero-order chi connectivity index (χ0) is 13.0. The number of nitrogens with one attached hydrogen (secondary N) is 1. The standard InChI is InChI=1S/C15H23BrN2/c1-3-8-18-9-6-13(7-10-18)17-14-4-5-15(16)12(2)11-14/h4-5,11,13,17H,3,6-10H2,1-2H3. The van der Waals surface area contributed by atoms with Crippen LogP contribution in [0.25, 0.3) is 0 Å². The monoisotopic (exact) mass is 310 g/mol. The minimum absolute atomic E-state index is 0.638. The van der Waals surface area contributed by atoms with E-state index in [4.69, 9.17) is 0 Å². The molecule has 0 aliphatic carbocycles. The third-order valence-corrected chi connectivity index (χ3v) is 4.55. The first kappa shape index (κ1) is 13.9. The number of benzene rings is 1. The van der Waals surface area contributed by atoms with E-state index >= 15 is 0 Å². The van der Waals surface area contributed by atoms with Gasteiger partial charge in [-0.2, -0.15) is 0 Å². The van der Waals surface area contributed by atoms with Crippen molar-refractivity contribution in [3.8, 4) is 0 Å². The summed E-state index contributed by atoms with van der Waals surface area (Å²) < 4.78 is 1.19. The molecular weight excluding hydrogens is 288 g/mol. The lowest BCUT2D eigenvalue weighted by Crippen LogP contribution is -2.39. The molecule has 0 amide bonds. The van der Waals surface area contributed by atoms with E-state index in [1.54, 1.807) is 0 Å². The molecule has 0 aromatic heterocycles. The molecule has 100 valence electrons. The number of halogens is 1. The summed E-state index contributed by atoms with van der Waals surface area (Å²) in [6, 6.07) is 7.15. The van der Waals surface area contributed by atoms with E-state index in [2.05, 4.69) is 58.2 Å². The SMILES string of the molecule is CCCN1CCC(Nc2ccc(Br)c(C)c2)CC1. The fraction of sp³-hybridized carbons (Fsp3) is 0.600. The van der Waals surface area contributed by atoms with E-state index < -0.39 is 0 Å².